The number of carbonyl (C=O) groups excluding carboxylic acids is 3. The van der Waals surface area contributed by atoms with Crippen LogP contribution in [0.25, 0.3) is 0 Å². The number of rotatable bonds is 4. The average Bonchev–Trinajstić information content (AvgIpc) is 2.71. The minimum absolute atomic E-state index is 0.0546. The molecule has 1 aliphatic rings. The second-order valence-electron chi connectivity index (χ2n) is 8.35. The quantitative estimate of drug-likeness (QED) is 0.466. The van der Waals surface area contributed by atoms with E-state index >= 15 is 0 Å². The fourth-order valence-corrected chi connectivity index (χ4v) is 3.82. The highest BCUT2D eigenvalue weighted by Gasteiger charge is 2.33. The monoisotopic (exact) mass is 424 g/mol. The molecule has 0 radical (unpaired) electrons. The number of allylic oxidation sites excluding steroid dienone is 3. The molecule has 0 aromatic heterocycles. The van der Waals surface area contributed by atoms with Gasteiger partial charge in [0.15, 0.2) is 5.78 Å². The molecule has 0 fully saturated rings. The topological polar surface area (TPSA) is 121 Å². The maximum atomic E-state index is 12.5. The van der Waals surface area contributed by atoms with Gasteiger partial charge in [-0.25, -0.2) is 0 Å². The molecule has 0 aromatic carbocycles. The number of aliphatic hydroxyl groups is 3. The molecule has 1 rings (SSSR count). The summed E-state index contributed by atoms with van der Waals surface area (Å²) in [5.74, 6) is -2.82. The number of cyclic esters (lactones) is 1. The molecule has 1 aliphatic heterocycles. The first-order valence-electron chi connectivity index (χ1n) is 10.6. The van der Waals surface area contributed by atoms with Crippen LogP contribution in [0.2, 0.25) is 0 Å². The molecule has 3 N–H and O–H groups in total. The summed E-state index contributed by atoms with van der Waals surface area (Å²) in [6.45, 7) is 6.73. The fourth-order valence-electron chi connectivity index (χ4n) is 3.82. The Morgan fingerprint density at radius 3 is 2.43 bits per heavy atom. The van der Waals surface area contributed by atoms with Crippen molar-refractivity contribution in [2.75, 3.05) is 6.61 Å². The zero-order valence-electron chi connectivity index (χ0n) is 18.4. The van der Waals surface area contributed by atoms with Gasteiger partial charge < -0.3 is 24.9 Å². The van der Waals surface area contributed by atoms with Crippen molar-refractivity contribution in [3.63, 3.8) is 0 Å². The Kier molecular flexibility index (Phi) is 11.2. The van der Waals surface area contributed by atoms with Crippen LogP contribution in [0.1, 0.15) is 53.4 Å². The zero-order chi connectivity index (χ0) is 22.8. The lowest BCUT2D eigenvalue weighted by Gasteiger charge is -2.31. The maximum absolute atomic E-state index is 12.5. The van der Waals surface area contributed by atoms with Gasteiger partial charge in [-0.1, -0.05) is 38.5 Å². The Balaban J connectivity index is 3.26. The number of ether oxygens (including phenoxy) is 1. The molecule has 0 saturated carbocycles. The van der Waals surface area contributed by atoms with Crippen molar-refractivity contribution < 1.29 is 34.4 Å². The van der Waals surface area contributed by atoms with Gasteiger partial charge in [0.2, 0.25) is 0 Å². The highest BCUT2D eigenvalue weighted by molar-refractivity contribution is 5.91. The van der Waals surface area contributed by atoms with Gasteiger partial charge in [-0.2, -0.15) is 0 Å². The van der Waals surface area contributed by atoms with Crippen LogP contribution in [0, 0.1) is 23.7 Å². The number of hydrogen-bond donors (Lipinski definition) is 3. The zero-order valence-corrected chi connectivity index (χ0v) is 18.4. The van der Waals surface area contributed by atoms with Crippen LogP contribution in [0.5, 0.6) is 0 Å². The molecule has 7 atom stereocenters. The third-order valence-corrected chi connectivity index (χ3v) is 5.91. The third-order valence-electron chi connectivity index (χ3n) is 5.91. The average molecular weight is 425 g/mol. The van der Waals surface area contributed by atoms with Crippen molar-refractivity contribution in [3.8, 4) is 0 Å². The van der Waals surface area contributed by atoms with Crippen molar-refractivity contribution in [3.05, 3.63) is 23.8 Å². The van der Waals surface area contributed by atoms with E-state index in [1.807, 2.05) is 6.92 Å². The van der Waals surface area contributed by atoms with Crippen LogP contribution >= 0.6 is 0 Å². The van der Waals surface area contributed by atoms with E-state index in [1.54, 1.807) is 32.9 Å². The highest BCUT2D eigenvalue weighted by atomic mass is 16.5. The Labute approximate surface area is 178 Å². The third kappa shape index (κ3) is 7.78. The van der Waals surface area contributed by atoms with E-state index in [9.17, 15) is 29.7 Å². The predicted octanol–water partition coefficient (Wildman–Crippen LogP) is 1.98. The molecule has 7 heteroatoms. The van der Waals surface area contributed by atoms with Gasteiger partial charge in [-0.15, -0.1) is 0 Å². The van der Waals surface area contributed by atoms with Crippen LogP contribution in [-0.2, 0) is 19.1 Å². The molecule has 0 bridgehead atoms. The van der Waals surface area contributed by atoms with Gasteiger partial charge in [0.1, 0.15) is 12.4 Å². The van der Waals surface area contributed by atoms with Gasteiger partial charge in [-0.05, 0) is 31.8 Å². The number of carbonyl (C=O) groups is 3. The molecule has 170 valence electrons. The molecule has 0 aromatic rings. The van der Waals surface area contributed by atoms with Crippen LogP contribution in [0.15, 0.2) is 23.8 Å². The summed E-state index contributed by atoms with van der Waals surface area (Å²) in [6, 6.07) is 0. The van der Waals surface area contributed by atoms with E-state index < -0.39 is 48.0 Å². The van der Waals surface area contributed by atoms with E-state index in [0.29, 0.717) is 12.7 Å². The minimum atomic E-state index is -1.16. The lowest BCUT2D eigenvalue weighted by Crippen LogP contribution is -2.38. The van der Waals surface area contributed by atoms with Crippen LogP contribution in [0.3, 0.4) is 0 Å². The molecule has 1 heterocycles. The minimum Gasteiger partial charge on any atom is -0.462 e. The van der Waals surface area contributed by atoms with Crippen molar-refractivity contribution in [1.29, 1.82) is 0 Å². The second kappa shape index (κ2) is 12.8. The Hall–Kier alpha value is -1.83. The van der Waals surface area contributed by atoms with E-state index in [2.05, 4.69) is 0 Å². The van der Waals surface area contributed by atoms with Crippen LogP contribution in [0.4, 0.5) is 0 Å². The SMILES string of the molecule is CC[C@H]1OC(=O)C[C@@H](O)[C@H](C)[C@@H](O)[C@@H](CC=O)C[C@@H](C)C(=O)/C=C/C(C)=C/C1CO. The number of aldehydes is 1. The van der Waals surface area contributed by atoms with Crippen molar-refractivity contribution in [2.24, 2.45) is 23.7 Å². The summed E-state index contributed by atoms with van der Waals surface area (Å²) >= 11 is 0. The summed E-state index contributed by atoms with van der Waals surface area (Å²) in [4.78, 5) is 36.0. The van der Waals surface area contributed by atoms with Gasteiger partial charge in [-0.3, -0.25) is 9.59 Å². The van der Waals surface area contributed by atoms with E-state index in [1.165, 1.54) is 6.08 Å². The van der Waals surface area contributed by atoms with E-state index in [0.717, 1.165) is 5.57 Å². The summed E-state index contributed by atoms with van der Waals surface area (Å²) in [5, 5.41) is 30.9. The molecular weight excluding hydrogens is 388 g/mol. The van der Waals surface area contributed by atoms with Gasteiger partial charge in [0, 0.05) is 24.2 Å². The Bertz CT molecular complexity index is 639. The van der Waals surface area contributed by atoms with Gasteiger partial charge in [0.25, 0.3) is 0 Å². The molecular formula is C23H36O7. The second-order valence-corrected chi connectivity index (χ2v) is 8.35. The van der Waals surface area contributed by atoms with E-state index in [-0.39, 0.29) is 31.7 Å². The largest absolute Gasteiger partial charge is 0.462 e. The lowest BCUT2D eigenvalue weighted by molar-refractivity contribution is -0.155. The van der Waals surface area contributed by atoms with Gasteiger partial charge in [0.05, 0.1) is 25.2 Å². The summed E-state index contributed by atoms with van der Waals surface area (Å²) in [7, 11) is 0. The smallest absolute Gasteiger partial charge is 0.308 e. The number of ketones is 1. The van der Waals surface area contributed by atoms with Gasteiger partial charge >= 0.3 is 5.97 Å². The molecule has 0 amide bonds. The number of esters is 1. The van der Waals surface area contributed by atoms with Crippen molar-refractivity contribution >= 4 is 18.0 Å². The Morgan fingerprint density at radius 1 is 1.20 bits per heavy atom. The fraction of sp³-hybridized carbons (Fsp3) is 0.696. The first-order chi connectivity index (χ1) is 14.1. The number of hydrogen-bond acceptors (Lipinski definition) is 7. The van der Waals surface area contributed by atoms with E-state index in [4.69, 9.17) is 4.74 Å². The first kappa shape index (κ1) is 26.2. The molecule has 1 unspecified atom stereocenters. The molecule has 30 heavy (non-hydrogen) atoms. The van der Waals surface area contributed by atoms with Crippen LogP contribution in [-0.4, -0.2) is 58.3 Å². The molecule has 0 aliphatic carbocycles. The molecule has 0 spiro atoms. The summed E-state index contributed by atoms with van der Waals surface area (Å²) in [5.41, 5.74) is 0.745. The maximum Gasteiger partial charge on any atom is 0.308 e. The summed E-state index contributed by atoms with van der Waals surface area (Å²) in [6.07, 6.45) is 3.26. The molecule has 7 nitrogen and oxygen atoms in total. The highest BCUT2D eigenvalue weighted by Crippen LogP contribution is 2.27. The van der Waals surface area contributed by atoms with Crippen molar-refractivity contribution in [2.45, 2.75) is 71.7 Å². The lowest BCUT2D eigenvalue weighted by atomic mass is 9.80. The normalized spacial score (nSPS) is 37.7. The van der Waals surface area contributed by atoms with Crippen molar-refractivity contribution in [1.82, 2.24) is 0 Å². The first-order valence-corrected chi connectivity index (χ1v) is 10.6. The van der Waals surface area contributed by atoms with Crippen LogP contribution < -0.4 is 0 Å². The number of aliphatic hydroxyl groups excluding tert-OH is 3. The predicted molar refractivity (Wildman–Crippen MR) is 112 cm³/mol. The standard InChI is InChI=1S/C23H36O7/c1-5-21-18(13-25)10-14(2)6-7-19(26)15(3)11-17(8-9-24)23(29)16(4)20(27)12-22(28)30-21/h6-7,9-10,15-18,20-21,23,25,27,29H,5,8,11-13H2,1-4H3/b7-6+,14-10+/t15-,16+,17+,18?,20-,21-,23-/m1/s1. The molecule has 0 saturated heterocycles. The summed E-state index contributed by atoms with van der Waals surface area (Å²) < 4.78 is 5.49. The Morgan fingerprint density at radius 2 is 1.87 bits per heavy atom.